The number of carbonyl (C=O) groups excluding carboxylic acids is 1. The smallest absolute Gasteiger partial charge is 0.271 e. The maximum absolute atomic E-state index is 13.7. The van der Waals surface area contributed by atoms with Crippen LogP contribution in [0, 0.1) is 6.92 Å². The number of H-pyrrole nitrogens is 2. The molecule has 1 aliphatic rings. The van der Waals surface area contributed by atoms with Crippen molar-refractivity contribution in [2.75, 3.05) is 25.0 Å². The van der Waals surface area contributed by atoms with Crippen molar-refractivity contribution in [2.24, 2.45) is 0 Å². The molecule has 1 fully saturated rings. The van der Waals surface area contributed by atoms with Crippen molar-refractivity contribution in [2.45, 2.75) is 71.6 Å². The normalized spacial score (nSPS) is 15.5. The molecular weight excluding hydrogens is 424 g/mol. The van der Waals surface area contributed by atoms with Crippen LogP contribution in [0.3, 0.4) is 0 Å². The van der Waals surface area contributed by atoms with Crippen LogP contribution in [0.25, 0.3) is 10.9 Å². The van der Waals surface area contributed by atoms with E-state index in [0.29, 0.717) is 17.5 Å². The van der Waals surface area contributed by atoms with Crippen molar-refractivity contribution in [3.05, 3.63) is 62.7 Å². The summed E-state index contributed by atoms with van der Waals surface area (Å²) in [4.78, 5) is 32.7. The third kappa shape index (κ3) is 4.97. The van der Waals surface area contributed by atoms with Crippen LogP contribution in [-0.2, 0) is 6.42 Å². The Morgan fingerprint density at radius 3 is 2.65 bits per heavy atom. The lowest BCUT2D eigenvalue weighted by Gasteiger charge is -2.24. The molecule has 0 radical (unpaired) electrons. The monoisotopic (exact) mass is 462 g/mol. The molecule has 0 aliphatic carbocycles. The van der Waals surface area contributed by atoms with Crippen molar-refractivity contribution in [1.29, 1.82) is 0 Å². The summed E-state index contributed by atoms with van der Waals surface area (Å²) in [5, 5.41) is 7.66. The van der Waals surface area contributed by atoms with Gasteiger partial charge in [0.2, 0.25) is 0 Å². The number of anilines is 1. The summed E-state index contributed by atoms with van der Waals surface area (Å²) in [5.74, 6) is 0.832. The molecule has 34 heavy (non-hydrogen) atoms. The van der Waals surface area contributed by atoms with Gasteiger partial charge in [-0.25, -0.2) is 0 Å². The Hall–Kier alpha value is -2.86. The predicted octanol–water partition coefficient (Wildman–Crippen LogP) is 5.39. The maximum atomic E-state index is 13.7. The minimum atomic E-state index is -0.160. The van der Waals surface area contributed by atoms with E-state index in [4.69, 9.17) is 0 Å². The number of Topliss-reactive ketones (excluding diaryl/α,β-unsaturated/α-hetero) is 1. The molecule has 0 saturated carbocycles. The number of pyridine rings is 1. The summed E-state index contributed by atoms with van der Waals surface area (Å²) in [6.45, 7) is 10.5. The zero-order chi connectivity index (χ0) is 24.2. The van der Waals surface area contributed by atoms with Crippen LogP contribution in [-0.4, -0.2) is 35.4 Å². The Balaban J connectivity index is 1.71. The van der Waals surface area contributed by atoms with E-state index in [1.807, 2.05) is 13.0 Å². The van der Waals surface area contributed by atoms with Gasteiger partial charge in [-0.15, -0.1) is 0 Å². The van der Waals surface area contributed by atoms with E-state index in [-0.39, 0.29) is 17.9 Å². The highest BCUT2D eigenvalue weighted by Crippen LogP contribution is 2.35. The molecule has 0 amide bonds. The van der Waals surface area contributed by atoms with Crippen LogP contribution in [0.2, 0.25) is 0 Å². The average Bonchev–Trinajstić information content (AvgIpc) is 3.27. The fourth-order valence-electron chi connectivity index (χ4n) is 5.22. The lowest BCUT2D eigenvalue weighted by Crippen LogP contribution is -2.27. The summed E-state index contributed by atoms with van der Waals surface area (Å²) in [5.41, 5.74) is 6.38. The van der Waals surface area contributed by atoms with E-state index in [9.17, 15) is 9.59 Å². The van der Waals surface area contributed by atoms with Gasteiger partial charge in [-0.1, -0.05) is 27.2 Å². The van der Waals surface area contributed by atoms with E-state index in [1.54, 1.807) is 0 Å². The van der Waals surface area contributed by atoms with Gasteiger partial charge < -0.3 is 20.6 Å². The number of rotatable bonds is 9. The summed E-state index contributed by atoms with van der Waals surface area (Å²) >= 11 is 0. The Morgan fingerprint density at radius 2 is 1.94 bits per heavy atom. The first kappa shape index (κ1) is 24.3. The van der Waals surface area contributed by atoms with Crippen LogP contribution < -0.4 is 16.2 Å². The lowest BCUT2D eigenvalue weighted by atomic mass is 9.86. The molecule has 1 unspecified atom stereocenters. The van der Waals surface area contributed by atoms with Crippen LogP contribution >= 0.6 is 0 Å². The molecule has 6 heteroatoms. The van der Waals surface area contributed by atoms with E-state index < -0.39 is 0 Å². The number of piperidine rings is 1. The van der Waals surface area contributed by atoms with Gasteiger partial charge in [0.1, 0.15) is 5.69 Å². The van der Waals surface area contributed by atoms with E-state index in [1.165, 1.54) is 11.1 Å². The predicted molar refractivity (Wildman–Crippen MR) is 140 cm³/mol. The van der Waals surface area contributed by atoms with E-state index in [0.717, 1.165) is 72.9 Å². The highest BCUT2D eigenvalue weighted by molar-refractivity contribution is 6.10. The molecule has 0 bridgehead atoms. The summed E-state index contributed by atoms with van der Waals surface area (Å²) < 4.78 is 0. The molecule has 182 valence electrons. The molecule has 1 atom stereocenters. The number of hydrogen-bond donors (Lipinski definition) is 4. The van der Waals surface area contributed by atoms with Crippen molar-refractivity contribution in [3.8, 4) is 0 Å². The first-order valence-corrected chi connectivity index (χ1v) is 12.8. The minimum Gasteiger partial charge on any atom is -0.373 e. The number of benzene rings is 1. The molecule has 0 spiro atoms. The first-order valence-electron chi connectivity index (χ1n) is 12.8. The number of aromatic nitrogens is 2. The number of hydrogen-bond acceptors (Lipinski definition) is 4. The Kier molecular flexibility index (Phi) is 7.57. The second-order valence-corrected chi connectivity index (χ2v) is 9.78. The second-order valence-electron chi connectivity index (χ2n) is 9.78. The summed E-state index contributed by atoms with van der Waals surface area (Å²) in [6, 6.07) is 6.36. The standard InChI is InChI=1S/C28H38N4O2/c1-5-7-20-12-18(4)32-28(34)27(20)31-16-25(33)22-13-21(19-8-10-29-11-9-19)14-24-26(22)23(15-30-24)17(3)6-2/h12-15,17,19,29-31H,5-11,16H2,1-4H3,(H,32,34). The molecule has 4 rings (SSSR count). The van der Waals surface area contributed by atoms with Crippen molar-refractivity contribution in [3.63, 3.8) is 0 Å². The van der Waals surface area contributed by atoms with Crippen LogP contribution in [0.1, 0.15) is 91.0 Å². The van der Waals surface area contributed by atoms with Gasteiger partial charge in [-0.2, -0.15) is 0 Å². The number of nitrogens with one attached hydrogen (secondary N) is 4. The third-order valence-electron chi connectivity index (χ3n) is 7.28. The highest BCUT2D eigenvalue weighted by atomic mass is 16.1. The third-order valence-corrected chi connectivity index (χ3v) is 7.28. The highest BCUT2D eigenvalue weighted by Gasteiger charge is 2.23. The van der Waals surface area contributed by atoms with Crippen molar-refractivity contribution < 1.29 is 4.79 Å². The van der Waals surface area contributed by atoms with Crippen molar-refractivity contribution >= 4 is 22.4 Å². The van der Waals surface area contributed by atoms with Gasteiger partial charge in [0.05, 0.1) is 6.54 Å². The van der Waals surface area contributed by atoms with E-state index in [2.05, 4.69) is 59.7 Å². The van der Waals surface area contributed by atoms with Gasteiger partial charge in [0, 0.05) is 28.4 Å². The Bertz CT molecular complexity index is 1220. The molecule has 1 aliphatic heterocycles. The molecule has 4 N–H and O–H groups in total. The zero-order valence-corrected chi connectivity index (χ0v) is 20.9. The van der Waals surface area contributed by atoms with Gasteiger partial charge in [-0.05, 0) is 92.4 Å². The molecule has 6 nitrogen and oxygen atoms in total. The Morgan fingerprint density at radius 1 is 1.18 bits per heavy atom. The summed E-state index contributed by atoms with van der Waals surface area (Å²) in [6.07, 6.45) is 6.97. The van der Waals surface area contributed by atoms with Crippen LogP contribution in [0.5, 0.6) is 0 Å². The van der Waals surface area contributed by atoms with Gasteiger partial charge in [-0.3, -0.25) is 9.59 Å². The van der Waals surface area contributed by atoms with Crippen LogP contribution in [0.15, 0.2) is 29.2 Å². The number of aryl methyl sites for hydroxylation is 2. The number of fused-ring (bicyclic) bond motifs is 1. The largest absolute Gasteiger partial charge is 0.373 e. The Labute approximate surface area is 201 Å². The van der Waals surface area contributed by atoms with Crippen molar-refractivity contribution in [1.82, 2.24) is 15.3 Å². The molecule has 3 aromatic rings. The summed E-state index contributed by atoms with van der Waals surface area (Å²) in [7, 11) is 0. The topological polar surface area (TPSA) is 89.8 Å². The molecular formula is C28H38N4O2. The average molecular weight is 463 g/mol. The van der Waals surface area contributed by atoms with Gasteiger partial charge >= 0.3 is 0 Å². The van der Waals surface area contributed by atoms with Gasteiger partial charge in [0.15, 0.2) is 5.78 Å². The van der Waals surface area contributed by atoms with Gasteiger partial charge in [0.25, 0.3) is 5.56 Å². The van der Waals surface area contributed by atoms with E-state index >= 15 is 0 Å². The second kappa shape index (κ2) is 10.6. The fourth-order valence-corrected chi connectivity index (χ4v) is 5.22. The SMILES string of the molecule is CCCc1cc(C)[nH]c(=O)c1NCC(=O)c1cc(C2CCNCC2)cc2[nH]cc(C(C)CC)c12. The molecule has 1 aromatic carbocycles. The van der Waals surface area contributed by atoms with Crippen LogP contribution in [0.4, 0.5) is 5.69 Å². The zero-order valence-electron chi connectivity index (χ0n) is 20.9. The fraction of sp³-hybridized carbons (Fsp3) is 0.500. The maximum Gasteiger partial charge on any atom is 0.271 e. The quantitative estimate of drug-likeness (QED) is 0.321. The first-order chi connectivity index (χ1) is 16.4. The lowest BCUT2D eigenvalue weighted by molar-refractivity contribution is 0.101. The number of aromatic amines is 2. The number of ketones is 1. The molecule has 3 heterocycles. The number of carbonyl (C=O) groups is 1. The molecule has 1 saturated heterocycles. The molecule has 2 aromatic heterocycles. The minimum absolute atomic E-state index is 0.0207.